The van der Waals surface area contributed by atoms with Crippen LogP contribution in [-0.4, -0.2) is 38.8 Å². The van der Waals surface area contributed by atoms with Crippen LogP contribution in [0, 0.1) is 3.57 Å². The summed E-state index contributed by atoms with van der Waals surface area (Å²) in [5.41, 5.74) is 0.918. The summed E-state index contributed by atoms with van der Waals surface area (Å²) in [4.78, 5) is 12.6. The minimum atomic E-state index is -3.71. The van der Waals surface area contributed by atoms with E-state index in [4.69, 9.17) is 4.74 Å². The monoisotopic (exact) mass is 500 g/mol. The molecule has 0 unspecified atom stereocenters. The number of sulfonamides is 1. The third kappa shape index (κ3) is 4.61. The molecule has 1 saturated heterocycles. The smallest absolute Gasteiger partial charge is 0.255 e. The molecule has 0 spiro atoms. The van der Waals surface area contributed by atoms with Crippen LogP contribution in [0.15, 0.2) is 47.4 Å². The number of hydrogen-bond acceptors (Lipinski definition) is 4. The van der Waals surface area contributed by atoms with Gasteiger partial charge in [-0.1, -0.05) is 6.42 Å². The standard InChI is InChI=1S/C19H21IN2O4S/c1-26-17-10-5-14(19(23)21-16-8-6-15(20)7-9-16)13-18(17)27(24,25)22-11-3-2-4-12-22/h5-10,13H,2-4,11-12H2,1H3,(H,21,23). The third-order valence-corrected chi connectivity index (χ3v) is 7.10. The van der Waals surface area contributed by atoms with Gasteiger partial charge in [-0.2, -0.15) is 4.31 Å². The quantitative estimate of drug-likeness (QED) is 0.636. The van der Waals surface area contributed by atoms with E-state index in [1.165, 1.54) is 23.5 Å². The van der Waals surface area contributed by atoms with E-state index in [2.05, 4.69) is 27.9 Å². The molecule has 2 aromatic rings. The predicted molar refractivity (Wildman–Crippen MR) is 113 cm³/mol. The molecule has 0 atom stereocenters. The van der Waals surface area contributed by atoms with Gasteiger partial charge < -0.3 is 10.1 Å². The topological polar surface area (TPSA) is 75.7 Å². The number of amides is 1. The van der Waals surface area contributed by atoms with E-state index in [9.17, 15) is 13.2 Å². The van der Waals surface area contributed by atoms with Crippen LogP contribution in [0.3, 0.4) is 0 Å². The van der Waals surface area contributed by atoms with Gasteiger partial charge in [-0.15, -0.1) is 0 Å². The molecule has 0 radical (unpaired) electrons. The van der Waals surface area contributed by atoms with E-state index in [1.54, 1.807) is 18.2 Å². The van der Waals surface area contributed by atoms with Gasteiger partial charge in [0, 0.05) is 27.9 Å². The van der Waals surface area contributed by atoms with Crippen molar-refractivity contribution in [3.63, 3.8) is 0 Å². The summed E-state index contributed by atoms with van der Waals surface area (Å²) in [7, 11) is -2.29. The van der Waals surface area contributed by atoms with Crippen LogP contribution in [0.5, 0.6) is 5.75 Å². The molecular formula is C19H21IN2O4S. The zero-order chi connectivity index (χ0) is 19.4. The van der Waals surface area contributed by atoms with Gasteiger partial charge in [0.1, 0.15) is 10.6 Å². The Kier molecular flexibility index (Phi) is 6.38. The van der Waals surface area contributed by atoms with Gasteiger partial charge in [-0.3, -0.25) is 4.79 Å². The highest BCUT2D eigenvalue weighted by Gasteiger charge is 2.29. The van der Waals surface area contributed by atoms with Crippen molar-refractivity contribution in [2.75, 3.05) is 25.5 Å². The van der Waals surface area contributed by atoms with E-state index in [0.717, 1.165) is 22.8 Å². The van der Waals surface area contributed by atoms with E-state index in [-0.39, 0.29) is 22.1 Å². The van der Waals surface area contributed by atoms with Crippen LogP contribution >= 0.6 is 22.6 Å². The predicted octanol–water partition coefficient (Wildman–Crippen LogP) is 3.73. The number of hydrogen-bond donors (Lipinski definition) is 1. The molecule has 1 amide bonds. The Labute approximate surface area is 173 Å². The minimum absolute atomic E-state index is 0.0298. The number of nitrogens with one attached hydrogen (secondary N) is 1. The second-order valence-corrected chi connectivity index (χ2v) is 9.44. The zero-order valence-electron chi connectivity index (χ0n) is 14.9. The first-order valence-corrected chi connectivity index (χ1v) is 11.2. The molecule has 1 N–H and O–H groups in total. The average molecular weight is 500 g/mol. The van der Waals surface area contributed by atoms with Gasteiger partial charge in [0.05, 0.1) is 7.11 Å². The van der Waals surface area contributed by atoms with Gasteiger partial charge in [0.15, 0.2) is 0 Å². The summed E-state index contributed by atoms with van der Waals surface area (Å²) in [6.07, 6.45) is 2.71. The molecule has 1 heterocycles. The Morgan fingerprint density at radius 3 is 2.37 bits per heavy atom. The molecule has 2 aromatic carbocycles. The molecule has 1 fully saturated rings. The number of piperidine rings is 1. The molecule has 3 rings (SSSR count). The summed E-state index contributed by atoms with van der Waals surface area (Å²) in [6.45, 7) is 0.981. The Morgan fingerprint density at radius 2 is 1.74 bits per heavy atom. The van der Waals surface area contributed by atoms with E-state index < -0.39 is 10.0 Å². The number of carbonyl (C=O) groups is 1. The van der Waals surface area contributed by atoms with E-state index >= 15 is 0 Å². The average Bonchev–Trinajstić information content (AvgIpc) is 2.69. The van der Waals surface area contributed by atoms with Gasteiger partial charge in [0.2, 0.25) is 10.0 Å². The molecule has 0 bridgehead atoms. The molecule has 0 aliphatic carbocycles. The van der Waals surface area contributed by atoms with Crippen LogP contribution in [-0.2, 0) is 10.0 Å². The Morgan fingerprint density at radius 1 is 1.07 bits per heavy atom. The second kappa shape index (κ2) is 8.57. The molecule has 6 nitrogen and oxygen atoms in total. The Bertz CT molecular complexity index is 923. The molecule has 0 aromatic heterocycles. The largest absolute Gasteiger partial charge is 0.495 e. The van der Waals surface area contributed by atoms with Crippen LogP contribution in [0.2, 0.25) is 0 Å². The number of methoxy groups -OCH3 is 1. The fourth-order valence-electron chi connectivity index (χ4n) is 3.00. The molecule has 144 valence electrons. The Balaban J connectivity index is 1.90. The lowest BCUT2D eigenvalue weighted by atomic mass is 10.2. The number of carbonyl (C=O) groups excluding carboxylic acids is 1. The summed E-state index contributed by atoms with van der Waals surface area (Å²) in [6, 6.07) is 11.9. The van der Waals surface area contributed by atoms with Gasteiger partial charge in [0.25, 0.3) is 5.91 Å². The SMILES string of the molecule is COc1ccc(C(=O)Nc2ccc(I)cc2)cc1S(=O)(=O)N1CCCCC1. The van der Waals surface area contributed by atoms with E-state index in [0.29, 0.717) is 18.8 Å². The number of halogens is 1. The second-order valence-electron chi connectivity index (χ2n) is 6.29. The van der Waals surface area contributed by atoms with Crippen molar-refractivity contribution in [1.82, 2.24) is 4.31 Å². The molecule has 1 aliphatic rings. The number of anilines is 1. The van der Waals surface area contributed by atoms with Crippen LogP contribution in [0.4, 0.5) is 5.69 Å². The Hall–Kier alpha value is -1.65. The maximum atomic E-state index is 13.1. The highest BCUT2D eigenvalue weighted by atomic mass is 127. The highest BCUT2D eigenvalue weighted by Crippen LogP contribution is 2.30. The number of rotatable bonds is 5. The molecule has 1 aliphatic heterocycles. The van der Waals surface area contributed by atoms with Crippen molar-refractivity contribution < 1.29 is 17.9 Å². The lowest BCUT2D eigenvalue weighted by Crippen LogP contribution is -2.35. The van der Waals surface area contributed by atoms with Crippen molar-refractivity contribution in [3.8, 4) is 5.75 Å². The fraction of sp³-hybridized carbons (Fsp3) is 0.316. The van der Waals surface area contributed by atoms with Crippen LogP contribution < -0.4 is 10.1 Å². The van der Waals surface area contributed by atoms with E-state index in [1.807, 2.05) is 12.1 Å². The van der Waals surface area contributed by atoms with Gasteiger partial charge in [-0.25, -0.2) is 8.42 Å². The zero-order valence-corrected chi connectivity index (χ0v) is 17.9. The summed E-state index contributed by atoms with van der Waals surface area (Å²) in [5, 5.41) is 2.79. The van der Waals surface area contributed by atoms with Crippen LogP contribution in [0.1, 0.15) is 29.6 Å². The number of benzene rings is 2. The molecule has 27 heavy (non-hydrogen) atoms. The number of nitrogens with zero attached hydrogens (tertiary/aromatic N) is 1. The maximum absolute atomic E-state index is 13.1. The van der Waals surface area contributed by atoms with Gasteiger partial charge in [-0.05, 0) is 77.9 Å². The maximum Gasteiger partial charge on any atom is 0.255 e. The van der Waals surface area contributed by atoms with Crippen LogP contribution in [0.25, 0.3) is 0 Å². The lowest BCUT2D eigenvalue weighted by Gasteiger charge is -2.26. The van der Waals surface area contributed by atoms with Crippen molar-refractivity contribution in [1.29, 1.82) is 0 Å². The van der Waals surface area contributed by atoms with Crippen molar-refractivity contribution in [2.24, 2.45) is 0 Å². The summed E-state index contributed by atoms with van der Waals surface area (Å²) >= 11 is 2.19. The van der Waals surface area contributed by atoms with Crippen molar-refractivity contribution >= 4 is 44.2 Å². The highest BCUT2D eigenvalue weighted by molar-refractivity contribution is 14.1. The molecular weight excluding hydrogens is 479 g/mol. The first kappa shape index (κ1) is 20.1. The summed E-state index contributed by atoms with van der Waals surface area (Å²) < 4.78 is 33.9. The number of ether oxygens (including phenoxy) is 1. The third-order valence-electron chi connectivity index (χ3n) is 4.46. The molecule has 8 heteroatoms. The lowest BCUT2D eigenvalue weighted by molar-refractivity contribution is 0.102. The van der Waals surface area contributed by atoms with Gasteiger partial charge >= 0.3 is 0 Å². The van der Waals surface area contributed by atoms with Crippen molar-refractivity contribution in [2.45, 2.75) is 24.2 Å². The normalized spacial score (nSPS) is 15.3. The summed E-state index contributed by atoms with van der Waals surface area (Å²) in [5.74, 6) is -0.125. The minimum Gasteiger partial charge on any atom is -0.495 e. The first-order chi connectivity index (χ1) is 12.9. The first-order valence-electron chi connectivity index (χ1n) is 8.67. The van der Waals surface area contributed by atoms with Crippen molar-refractivity contribution in [3.05, 3.63) is 51.6 Å². The fourth-order valence-corrected chi connectivity index (χ4v) is 5.06. The molecule has 0 saturated carbocycles.